The highest BCUT2D eigenvalue weighted by molar-refractivity contribution is 5.91. The fourth-order valence-corrected chi connectivity index (χ4v) is 3.35. The summed E-state index contributed by atoms with van der Waals surface area (Å²) in [5, 5.41) is 0. The average molecular weight is 339 g/mol. The molecular formula is C19H21N3O3. The zero-order chi connectivity index (χ0) is 17.1. The van der Waals surface area contributed by atoms with Gasteiger partial charge in [-0.05, 0) is 24.8 Å². The van der Waals surface area contributed by atoms with Gasteiger partial charge < -0.3 is 19.4 Å². The maximum atomic E-state index is 12.8. The van der Waals surface area contributed by atoms with Crippen molar-refractivity contribution in [2.75, 3.05) is 19.8 Å². The van der Waals surface area contributed by atoms with Gasteiger partial charge in [-0.25, -0.2) is 4.98 Å². The van der Waals surface area contributed by atoms with Gasteiger partial charge in [0.25, 0.3) is 5.91 Å². The predicted molar refractivity (Wildman–Crippen MR) is 92.3 cm³/mol. The summed E-state index contributed by atoms with van der Waals surface area (Å²) in [7, 11) is 0. The van der Waals surface area contributed by atoms with Crippen LogP contribution in [-0.2, 0) is 14.3 Å². The molecule has 0 aliphatic carbocycles. The number of amides is 1. The Labute approximate surface area is 146 Å². The third-order valence-corrected chi connectivity index (χ3v) is 4.62. The van der Waals surface area contributed by atoms with Gasteiger partial charge in [-0.15, -0.1) is 0 Å². The molecular weight excluding hydrogens is 318 g/mol. The van der Waals surface area contributed by atoms with Gasteiger partial charge in [0, 0.05) is 6.54 Å². The number of benzene rings is 1. The Morgan fingerprint density at radius 2 is 2.08 bits per heavy atom. The number of nitrogens with zero attached hydrogens (tertiary/aromatic N) is 2. The molecule has 2 aromatic rings. The monoisotopic (exact) mass is 339 g/mol. The highest BCUT2D eigenvalue weighted by Gasteiger charge is 2.33. The predicted octanol–water partition coefficient (Wildman–Crippen LogP) is 3.02. The van der Waals surface area contributed by atoms with E-state index in [-0.39, 0.29) is 17.7 Å². The van der Waals surface area contributed by atoms with Gasteiger partial charge in [-0.2, -0.15) is 0 Å². The highest BCUT2D eigenvalue weighted by atomic mass is 16.6. The average Bonchev–Trinajstić information content (AvgIpc) is 3.19. The summed E-state index contributed by atoms with van der Waals surface area (Å²) in [6.07, 6.45) is 6.22. The number of ether oxygens (including phenoxy) is 2. The Morgan fingerprint density at radius 3 is 2.88 bits per heavy atom. The molecule has 1 aromatic carbocycles. The Morgan fingerprint density at radius 1 is 1.20 bits per heavy atom. The molecule has 4 rings (SSSR count). The summed E-state index contributed by atoms with van der Waals surface area (Å²) >= 11 is 0. The SMILES string of the molecule is O=C(C1=COCCO1)N1CCCC[C@@H]1c1ncc(-c2ccccc2)[nH]1. The molecule has 1 amide bonds. The number of piperidine rings is 1. The largest absolute Gasteiger partial charge is 0.494 e. The fraction of sp³-hybridized carbons (Fsp3) is 0.368. The van der Waals surface area contributed by atoms with Crippen LogP contribution >= 0.6 is 0 Å². The number of H-pyrrole nitrogens is 1. The van der Waals surface area contributed by atoms with Crippen LogP contribution in [0, 0.1) is 0 Å². The number of carbonyl (C=O) groups excluding carboxylic acids is 1. The number of hydrogen-bond donors (Lipinski definition) is 1. The maximum Gasteiger partial charge on any atom is 0.292 e. The lowest BCUT2D eigenvalue weighted by molar-refractivity contribution is -0.136. The number of aromatic amines is 1. The maximum absolute atomic E-state index is 12.8. The number of rotatable bonds is 3. The summed E-state index contributed by atoms with van der Waals surface area (Å²) in [5.41, 5.74) is 2.05. The zero-order valence-electron chi connectivity index (χ0n) is 14.0. The second-order valence-corrected chi connectivity index (χ2v) is 6.26. The van der Waals surface area contributed by atoms with Crippen molar-refractivity contribution >= 4 is 5.91 Å². The minimum atomic E-state index is -0.123. The zero-order valence-corrected chi connectivity index (χ0v) is 14.0. The second-order valence-electron chi connectivity index (χ2n) is 6.26. The molecule has 6 heteroatoms. The van der Waals surface area contributed by atoms with Crippen molar-refractivity contribution < 1.29 is 14.3 Å². The highest BCUT2D eigenvalue weighted by Crippen LogP contribution is 2.32. The number of nitrogens with one attached hydrogen (secondary N) is 1. The summed E-state index contributed by atoms with van der Waals surface area (Å²) in [4.78, 5) is 22.6. The lowest BCUT2D eigenvalue weighted by Crippen LogP contribution is -2.40. The molecule has 1 fully saturated rings. The topological polar surface area (TPSA) is 67.5 Å². The van der Waals surface area contributed by atoms with Crippen LogP contribution < -0.4 is 0 Å². The first kappa shape index (κ1) is 15.7. The van der Waals surface area contributed by atoms with E-state index < -0.39 is 0 Å². The Kier molecular flexibility index (Phi) is 4.41. The number of hydrogen-bond acceptors (Lipinski definition) is 4. The molecule has 0 radical (unpaired) electrons. The van der Waals surface area contributed by atoms with E-state index in [1.807, 2.05) is 41.4 Å². The molecule has 2 aliphatic rings. The summed E-state index contributed by atoms with van der Waals surface area (Å²) in [6, 6.07) is 10.0. The van der Waals surface area contributed by atoms with Gasteiger partial charge in [0.2, 0.25) is 5.76 Å². The molecule has 3 heterocycles. The third-order valence-electron chi connectivity index (χ3n) is 4.62. The Bertz CT molecular complexity index is 769. The van der Waals surface area contributed by atoms with E-state index in [4.69, 9.17) is 9.47 Å². The molecule has 0 saturated carbocycles. The number of aromatic nitrogens is 2. The lowest BCUT2D eigenvalue weighted by Gasteiger charge is -2.35. The Balaban J connectivity index is 1.58. The van der Waals surface area contributed by atoms with Crippen LogP contribution in [0.1, 0.15) is 31.1 Å². The van der Waals surface area contributed by atoms with E-state index in [0.29, 0.717) is 19.8 Å². The molecule has 1 N–H and O–H groups in total. The molecule has 1 saturated heterocycles. The first-order valence-electron chi connectivity index (χ1n) is 8.69. The molecule has 0 bridgehead atoms. The van der Waals surface area contributed by atoms with Gasteiger partial charge in [0.15, 0.2) is 0 Å². The van der Waals surface area contributed by atoms with Crippen LogP contribution in [0.25, 0.3) is 11.3 Å². The normalized spacial score (nSPS) is 20.4. The van der Waals surface area contributed by atoms with Crippen LogP contribution in [0.15, 0.2) is 48.5 Å². The van der Waals surface area contributed by atoms with Crippen molar-refractivity contribution in [1.29, 1.82) is 0 Å². The molecule has 130 valence electrons. The standard InChI is InChI=1S/C19H21N3O3/c23-19(17-13-24-10-11-25-17)22-9-5-4-8-16(22)18-20-12-15(21-18)14-6-2-1-3-7-14/h1-3,6-7,12-13,16H,4-5,8-11H2,(H,20,21)/t16-/m1/s1. The fourth-order valence-electron chi connectivity index (χ4n) is 3.35. The van der Waals surface area contributed by atoms with Crippen LogP contribution in [-0.4, -0.2) is 40.5 Å². The van der Waals surface area contributed by atoms with Gasteiger partial charge in [0.05, 0.1) is 17.9 Å². The number of carbonyl (C=O) groups is 1. The molecule has 0 spiro atoms. The molecule has 6 nitrogen and oxygen atoms in total. The van der Waals surface area contributed by atoms with Gasteiger partial charge >= 0.3 is 0 Å². The van der Waals surface area contributed by atoms with Crippen molar-refractivity contribution in [2.24, 2.45) is 0 Å². The van der Waals surface area contributed by atoms with E-state index in [1.165, 1.54) is 6.26 Å². The van der Waals surface area contributed by atoms with Crippen LogP contribution in [0.2, 0.25) is 0 Å². The first-order chi connectivity index (χ1) is 12.3. The number of imidazole rings is 1. The van der Waals surface area contributed by atoms with Crippen molar-refractivity contribution in [3.63, 3.8) is 0 Å². The summed E-state index contributed by atoms with van der Waals surface area (Å²) < 4.78 is 10.7. The van der Waals surface area contributed by atoms with Crippen molar-refractivity contribution in [1.82, 2.24) is 14.9 Å². The third kappa shape index (κ3) is 3.24. The van der Waals surface area contributed by atoms with Gasteiger partial charge in [-0.1, -0.05) is 30.3 Å². The van der Waals surface area contributed by atoms with Gasteiger partial charge in [0.1, 0.15) is 25.3 Å². The van der Waals surface area contributed by atoms with E-state index >= 15 is 0 Å². The van der Waals surface area contributed by atoms with Crippen LogP contribution in [0.3, 0.4) is 0 Å². The van der Waals surface area contributed by atoms with Crippen LogP contribution in [0.5, 0.6) is 0 Å². The van der Waals surface area contributed by atoms with Crippen molar-refractivity contribution in [2.45, 2.75) is 25.3 Å². The van der Waals surface area contributed by atoms with Crippen LogP contribution in [0.4, 0.5) is 0 Å². The Hall–Kier alpha value is -2.76. The summed E-state index contributed by atoms with van der Waals surface area (Å²) in [5.74, 6) is 0.985. The number of likely N-dealkylation sites (tertiary alicyclic amines) is 1. The minimum absolute atomic E-state index is 0.0647. The quantitative estimate of drug-likeness (QED) is 0.933. The molecule has 25 heavy (non-hydrogen) atoms. The lowest BCUT2D eigenvalue weighted by atomic mass is 10.0. The summed E-state index contributed by atoms with van der Waals surface area (Å²) in [6.45, 7) is 1.60. The minimum Gasteiger partial charge on any atom is -0.494 e. The molecule has 0 unspecified atom stereocenters. The van der Waals surface area contributed by atoms with E-state index in [9.17, 15) is 4.79 Å². The van der Waals surface area contributed by atoms with Gasteiger partial charge in [-0.3, -0.25) is 4.79 Å². The van der Waals surface area contributed by atoms with Crippen molar-refractivity contribution in [3.05, 3.63) is 54.4 Å². The molecule has 1 atom stereocenters. The van der Waals surface area contributed by atoms with Crippen molar-refractivity contribution in [3.8, 4) is 11.3 Å². The smallest absolute Gasteiger partial charge is 0.292 e. The molecule has 1 aromatic heterocycles. The molecule has 2 aliphatic heterocycles. The first-order valence-corrected chi connectivity index (χ1v) is 8.69. The second kappa shape index (κ2) is 7.01. The van der Waals surface area contributed by atoms with E-state index in [1.54, 1.807) is 0 Å². The van der Waals surface area contributed by atoms with E-state index in [0.717, 1.165) is 36.3 Å². The van der Waals surface area contributed by atoms with E-state index in [2.05, 4.69) is 9.97 Å².